The molecule has 0 aromatic carbocycles. The van der Waals surface area contributed by atoms with Crippen LogP contribution in [0.5, 0.6) is 0 Å². The first-order valence-corrected chi connectivity index (χ1v) is 8.88. The Balaban J connectivity index is 1.58. The minimum atomic E-state index is -3.48. The summed E-state index contributed by atoms with van der Waals surface area (Å²) in [6, 6.07) is 2.31. The fraction of sp³-hybridized carbons (Fsp3) is 0.692. The van der Waals surface area contributed by atoms with Crippen LogP contribution >= 0.6 is 0 Å². The van der Waals surface area contributed by atoms with E-state index in [0.717, 1.165) is 18.8 Å². The van der Waals surface area contributed by atoms with Gasteiger partial charge in [-0.3, -0.25) is 0 Å². The zero-order valence-corrected chi connectivity index (χ0v) is 13.1. The first kappa shape index (κ1) is 15.0. The number of hydrogen-bond acceptors (Lipinski definition) is 5. The fourth-order valence-electron chi connectivity index (χ4n) is 2.34. The van der Waals surface area contributed by atoms with Crippen molar-refractivity contribution in [1.82, 2.24) is 25.0 Å². The average molecular weight is 313 g/mol. The standard InChI is InChI=1S/C13H23N5O2S/c1-17-4-6-18(7-5-17)16-21(19,20)13-8-12(15-10-13)9-14-11-2-3-11/h8,10-11,14-16H,2-7,9H2,1H3. The van der Waals surface area contributed by atoms with Crippen molar-refractivity contribution in [2.24, 2.45) is 0 Å². The van der Waals surface area contributed by atoms with E-state index in [1.54, 1.807) is 17.3 Å². The lowest BCUT2D eigenvalue weighted by Gasteiger charge is -2.31. The van der Waals surface area contributed by atoms with Crippen LogP contribution < -0.4 is 10.1 Å². The van der Waals surface area contributed by atoms with Crippen molar-refractivity contribution in [1.29, 1.82) is 0 Å². The summed E-state index contributed by atoms with van der Waals surface area (Å²) in [5.41, 5.74) is 0.903. The Bertz CT molecular complexity index is 573. The summed E-state index contributed by atoms with van der Waals surface area (Å²) in [6.45, 7) is 3.83. The van der Waals surface area contributed by atoms with Crippen LogP contribution in [0, 0.1) is 0 Å². The smallest absolute Gasteiger partial charge is 0.254 e. The summed E-state index contributed by atoms with van der Waals surface area (Å²) in [5.74, 6) is 0. The van der Waals surface area contributed by atoms with Gasteiger partial charge in [0.25, 0.3) is 10.0 Å². The van der Waals surface area contributed by atoms with Crippen LogP contribution in [0.1, 0.15) is 18.5 Å². The quantitative estimate of drug-likeness (QED) is 0.672. The van der Waals surface area contributed by atoms with E-state index in [2.05, 4.69) is 20.0 Å². The van der Waals surface area contributed by atoms with E-state index in [9.17, 15) is 8.42 Å². The molecule has 0 amide bonds. The second-order valence-corrected chi connectivity index (χ2v) is 7.56. The van der Waals surface area contributed by atoms with Gasteiger partial charge < -0.3 is 15.2 Å². The Morgan fingerprint density at radius 1 is 1.29 bits per heavy atom. The molecule has 0 unspecified atom stereocenters. The van der Waals surface area contributed by atoms with Crippen LogP contribution in [0.3, 0.4) is 0 Å². The fourth-order valence-corrected chi connectivity index (χ4v) is 3.48. The van der Waals surface area contributed by atoms with Crippen molar-refractivity contribution in [2.45, 2.75) is 30.3 Å². The van der Waals surface area contributed by atoms with E-state index in [0.29, 0.717) is 30.6 Å². The second-order valence-electron chi connectivity index (χ2n) is 5.90. The molecule has 2 fully saturated rings. The maximum absolute atomic E-state index is 12.3. The predicted molar refractivity (Wildman–Crippen MR) is 80.0 cm³/mol. The Morgan fingerprint density at radius 2 is 2.00 bits per heavy atom. The highest BCUT2D eigenvalue weighted by Gasteiger charge is 2.23. The maximum Gasteiger partial charge on any atom is 0.254 e. The normalized spacial score (nSPS) is 21.8. The Labute approximate surface area is 125 Å². The second kappa shape index (κ2) is 6.05. The van der Waals surface area contributed by atoms with Crippen LogP contribution in [0.2, 0.25) is 0 Å². The number of nitrogens with one attached hydrogen (secondary N) is 3. The first-order chi connectivity index (χ1) is 10.0. The zero-order chi connectivity index (χ0) is 14.9. The van der Waals surface area contributed by atoms with E-state index >= 15 is 0 Å². The van der Waals surface area contributed by atoms with Gasteiger partial charge in [-0.1, -0.05) is 0 Å². The zero-order valence-electron chi connectivity index (χ0n) is 12.3. The van der Waals surface area contributed by atoms with Gasteiger partial charge in [-0.2, -0.15) is 0 Å². The molecule has 0 bridgehead atoms. The molecule has 0 spiro atoms. The van der Waals surface area contributed by atoms with Crippen LogP contribution in [-0.2, 0) is 16.6 Å². The number of rotatable bonds is 6. The predicted octanol–water partition coefficient (Wildman–Crippen LogP) is -0.293. The van der Waals surface area contributed by atoms with Gasteiger partial charge in [0.2, 0.25) is 0 Å². The molecular formula is C13H23N5O2S. The molecule has 8 heteroatoms. The Kier molecular flexibility index (Phi) is 4.32. The number of sulfonamides is 1. The van der Waals surface area contributed by atoms with Gasteiger partial charge in [-0.15, -0.1) is 4.83 Å². The molecule has 1 aliphatic heterocycles. The van der Waals surface area contributed by atoms with Gasteiger partial charge in [-0.25, -0.2) is 13.4 Å². The largest absolute Gasteiger partial charge is 0.363 e. The molecule has 1 saturated carbocycles. The number of aromatic nitrogens is 1. The number of hydrogen-bond donors (Lipinski definition) is 3. The molecular weight excluding hydrogens is 290 g/mol. The van der Waals surface area contributed by atoms with Crippen molar-refractivity contribution >= 4 is 10.0 Å². The highest BCUT2D eigenvalue weighted by atomic mass is 32.2. The van der Waals surface area contributed by atoms with E-state index in [1.807, 2.05) is 7.05 Å². The molecule has 1 aromatic rings. The van der Waals surface area contributed by atoms with Gasteiger partial charge in [0.05, 0.1) is 0 Å². The van der Waals surface area contributed by atoms with Gasteiger partial charge in [0.1, 0.15) is 4.90 Å². The van der Waals surface area contributed by atoms with E-state index in [4.69, 9.17) is 0 Å². The number of H-pyrrole nitrogens is 1. The molecule has 1 aliphatic carbocycles. The third-order valence-corrected chi connectivity index (χ3v) is 5.29. The SMILES string of the molecule is CN1CCN(NS(=O)(=O)c2c[nH]c(CNC3CC3)c2)CC1. The number of hydrazine groups is 1. The summed E-state index contributed by atoms with van der Waals surface area (Å²) in [4.78, 5) is 8.18. The molecule has 21 heavy (non-hydrogen) atoms. The molecule has 3 rings (SSSR count). The summed E-state index contributed by atoms with van der Waals surface area (Å²) in [7, 11) is -1.44. The number of likely N-dealkylation sites (N-methyl/N-ethyl adjacent to an activating group) is 1. The van der Waals surface area contributed by atoms with Gasteiger partial charge in [0.15, 0.2) is 0 Å². The van der Waals surface area contributed by atoms with Gasteiger partial charge in [-0.05, 0) is 26.0 Å². The minimum Gasteiger partial charge on any atom is -0.363 e. The molecule has 1 aromatic heterocycles. The van der Waals surface area contributed by atoms with E-state index < -0.39 is 10.0 Å². The molecule has 0 radical (unpaired) electrons. The Hall–Kier alpha value is -0.930. The Morgan fingerprint density at radius 3 is 2.67 bits per heavy atom. The van der Waals surface area contributed by atoms with Crippen molar-refractivity contribution in [3.63, 3.8) is 0 Å². The molecule has 1 saturated heterocycles. The van der Waals surface area contributed by atoms with Crippen LogP contribution in [0.4, 0.5) is 0 Å². The molecule has 2 heterocycles. The molecule has 0 atom stereocenters. The lowest BCUT2D eigenvalue weighted by molar-refractivity contribution is 0.135. The summed E-state index contributed by atoms with van der Waals surface area (Å²) >= 11 is 0. The average Bonchev–Trinajstić information content (AvgIpc) is 3.15. The number of nitrogens with zero attached hydrogens (tertiary/aromatic N) is 2. The number of aromatic amines is 1. The lowest BCUT2D eigenvalue weighted by atomic mass is 10.4. The van der Waals surface area contributed by atoms with Crippen LogP contribution in [0.15, 0.2) is 17.2 Å². The highest BCUT2D eigenvalue weighted by Crippen LogP contribution is 2.19. The first-order valence-electron chi connectivity index (χ1n) is 7.39. The molecule has 3 N–H and O–H groups in total. The van der Waals surface area contributed by atoms with Gasteiger partial charge >= 0.3 is 0 Å². The van der Waals surface area contributed by atoms with Crippen molar-refractivity contribution in [3.05, 3.63) is 18.0 Å². The lowest BCUT2D eigenvalue weighted by Crippen LogP contribution is -2.52. The third-order valence-electron chi connectivity index (χ3n) is 3.94. The third kappa shape index (κ3) is 4.04. The summed E-state index contributed by atoms with van der Waals surface area (Å²) in [5, 5.41) is 5.13. The molecule has 7 nitrogen and oxygen atoms in total. The van der Waals surface area contributed by atoms with Gasteiger partial charge in [0, 0.05) is 50.7 Å². The maximum atomic E-state index is 12.3. The van der Waals surface area contributed by atoms with Crippen LogP contribution in [-0.4, -0.2) is 62.6 Å². The topological polar surface area (TPSA) is 80.5 Å². The van der Waals surface area contributed by atoms with Crippen LogP contribution in [0.25, 0.3) is 0 Å². The van der Waals surface area contributed by atoms with Crippen molar-refractivity contribution in [2.75, 3.05) is 33.2 Å². The monoisotopic (exact) mass is 313 g/mol. The molecule has 118 valence electrons. The number of piperazine rings is 1. The summed E-state index contributed by atoms with van der Waals surface area (Å²) < 4.78 is 24.7. The minimum absolute atomic E-state index is 0.300. The van der Waals surface area contributed by atoms with Crippen molar-refractivity contribution < 1.29 is 8.42 Å². The highest BCUT2D eigenvalue weighted by molar-refractivity contribution is 7.89. The summed E-state index contributed by atoms with van der Waals surface area (Å²) in [6.07, 6.45) is 4.00. The van der Waals surface area contributed by atoms with E-state index in [-0.39, 0.29) is 0 Å². The molecule has 2 aliphatic rings. The van der Waals surface area contributed by atoms with Crippen molar-refractivity contribution in [3.8, 4) is 0 Å². The van der Waals surface area contributed by atoms with E-state index in [1.165, 1.54) is 12.8 Å².